The van der Waals surface area contributed by atoms with E-state index in [2.05, 4.69) is 0 Å². The number of benzene rings is 1. The highest BCUT2D eigenvalue weighted by molar-refractivity contribution is 6.31. The van der Waals surface area contributed by atoms with Crippen molar-refractivity contribution in [1.82, 2.24) is 0 Å². The van der Waals surface area contributed by atoms with Gasteiger partial charge in [-0.3, -0.25) is 4.79 Å². The van der Waals surface area contributed by atoms with Crippen molar-refractivity contribution in [3.05, 3.63) is 34.6 Å². The number of nitriles is 1. The van der Waals surface area contributed by atoms with Crippen LogP contribution in [0.25, 0.3) is 0 Å². The lowest BCUT2D eigenvalue weighted by Gasteiger charge is -2.17. The van der Waals surface area contributed by atoms with Crippen LogP contribution in [-0.4, -0.2) is 18.5 Å². The third kappa shape index (κ3) is 2.78. The molecule has 1 saturated heterocycles. The van der Waals surface area contributed by atoms with Crippen molar-refractivity contribution >= 4 is 17.4 Å². The zero-order valence-corrected chi connectivity index (χ0v) is 11.2. The van der Waals surface area contributed by atoms with Crippen molar-refractivity contribution in [2.45, 2.75) is 25.4 Å². The monoisotopic (exact) mass is 281 g/mol. The lowest BCUT2D eigenvalue weighted by Crippen LogP contribution is -2.30. The van der Waals surface area contributed by atoms with Crippen LogP contribution in [0.3, 0.4) is 0 Å². The van der Waals surface area contributed by atoms with Gasteiger partial charge >= 0.3 is 0 Å². The fraction of sp³-hybridized carbons (Fsp3) is 0.429. The molecule has 3 unspecified atom stereocenters. The van der Waals surface area contributed by atoms with Crippen molar-refractivity contribution in [2.75, 3.05) is 6.61 Å². The SMILES string of the molecule is CC1CCOC1C(=O)C(C#N)c1ccc(F)cc1Cl. The van der Waals surface area contributed by atoms with Crippen LogP contribution < -0.4 is 0 Å². The number of ether oxygens (including phenoxy) is 1. The Bertz CT molecular complexity index is 541. The maximum Gasteiger partial charge on any atom is 0.183 e. The smallest absolute Gasteiger partial charge is 0.183 e. The van der Waals surface area contributed by atoms with E-state index in [1.807, 2.05) is 13.0 Å². The molecular formula is C14H13ClFNO2. The number of ketones is 1. The number of halogens is 2. The first-order chi connectivity index (χ1) is 9.04. The molecule has 1 aliphatic heterocycles. The Morgan fingerprint density at radius 3 is 2.89 bits per heavy atom. The van der Waals surface area contributed by atoms with Crippen LogP contribution in [0.5, 0.6) is 0 Å². The van der Waals surface area contributed by atoms with Crippen molar-refractivity contribution in [2.24, 2.45) is 5.92 Å². The molecule has 3 atom stereocenters. The normalized spacial score (nSPS) is 23.9. The molecule has 0 radical (unpaired) electrons. The van der Waals surface area contributed by atoms with E-state index in [1.54, 1.807) is 0 Å². The van der Waals surface area contributed by atoms with E-state index in [0.29, 0.717) is 12.2 Å². The highest BCUT2D eigenvalue weighted by Gasteiger charge is 2.36. The second-order valence-corrected chi connectivity index (χ2v) is 5.09. The second kappa shape index (κ2) is 5.68. The highest BCUT2D eigenvalue weighted by atomic mass is 35.5. The zero-order chi connectivity index (χ0) is 14.0. The summed E-state index contributed by atoms with van der Waals surface area (Å²) in [6.07, 6.45) is 0.219. The standard InChI is InChI=1S/C14H13ClFNO2/c1-8-4-5-19-14(8)13(18)11(7-17)10-3-2-9(16)6-12(10)15/h2-3,6,8,11,14H,4-5H2,1H3. The summed E-state index contributed by atoms with van der Waals surface area (Å²) in [5, 5.41) is 9.30. The summed E-state index contributed by atoms with van der Waals surface area (Å²) >= 11 is 5.91. The molecule has 0 aromatic heterocycles. The lowest BCUT2D eigenvalue weighted by molar-refractivity contribution is -0.129. The minimum absolute atomic E-state index is 0.0857. The van der Waals surface area contributed by atoms with Gasteiger partial charge in [-0.05, 0) is 30.0 Å². The van der Waals surface area contributed by atoms with Crippen molar-refractivity contribution in [3.63, 3.8) is 0 Å². The van der Waals surface area contributed by atoms with Crippen LogP contribution in [0.15, 0.2) is 18.2 Å². The maximum absolute atomic E-state index is 13.0. The van der Waals surface area contributed by atoms with Crippen LogP contribution >= 0.6 is 11.6 Å². The van der Waals surface area contributed by atoms with Gasteiger partial charge in [0.05, 0.1) is 6.07 Å². The average Bonchev–Trinajstić information content (AvgIpc) is 2.78. The van der Waals surface area contributed by atoms with Gasteiger partial charge in [0.15, 0.2) is 5.78 Å². The fourth-order valence-electron chi connectivity index (χ4n) is 2.25. The maximum atomic E-state index is 13.0. The van der Waals surface area contributed by atoms with Crippen molar-refractivity contribution < 1.29 is 13.9 Å². The summed E-state index contributed by atoms with van der Waals surface area (Å²) in [6.45, 7) is 2.43. The number of nitrogens with zero attached hydrogens (tertiary/aromatic N) is 1. The van der Waals surface area contributed by atoms with Crippen LogP contribution in [0.4, 0.5) is 4.39 Å². The summed E-state index contributed by atoms with van der Waals surface area (Å²) in [5.74, 6) is -1.73. The van der Waals surface area contributed by atoms with Crippen molar-refractivity contribution in [1.29, 1.82) is 5.26 Å². The Hall–Kier alpha value is -1.44. The Labute approximate surface area is 115 Å². The Kier molecular flexibility index (Phi) is 4.18. The van der Waals surface area contributed by atoms with Crippen LogP contribution in [0.2, 0.25) is 5.02 Å². The van der Waals surface area contributed by atoms with Gasteiger partial charge in [0.2, 0.25) is 0 Å². The number of carbonyl (C=O) groups excluding carboxylic acids is 1. The minimum Gasteiger partial charge on any atom is -0.370 e. The minimum atomic E-state index is -1.02. The first-order valence-electron chi connectivity index (χ1n) is 6.04. The van der Waals surface area contributed by atoms with Gasteiger partial charge in [-0.1, -0.05) is 24.6 Å². The number of hydrogen-bond donors (Lipinski definition) is 0. The molecule has 0 amide bonds. The molecule has 3 nitrogen and oxygen atoms in total. The van der Waals surface area contributed by atoms with E-state index in [-0.39, 0.29) is 16.7 Å². The van der Waals surface area contributed by atoms with Gasteiger partial charge in [-0.25, -0.2) is 4.39 Å². The van der Waals surface area contributed by atoms with Crippen LogP contribution in [-0.2, 0) is 9.53 Å². The van der Waals surface area contributed by atoms with Crippen LogP contribution in [0.1, 0.15) is 24.8 Å². The number of hydrogen-bond acceptors (Lipinski definition) is 3. The summed E-state index contributed by atoms with van der Waals surface area (Å²) in [7, 11) is 0. The molecule has 1 aromatic rings. The molecule has 1 aliphatic rings. The van der Waals surface area contributed by atoms with E-state index in [1.165, 1.54) is 12.1 Å². The van der Waals surface area contributed by atoms with Gasteiger partial charge in [0.1, 0.15) is 17.8 Å². The van der Waals surface area contributed by atoms with Gasteiger partial charge in [0.25, 0.3) is 0 Å². The Morgan fingerprint density at radius 2 is 2.37 bits per heavy atom. The van der Waals surface area contributed by atoms with E-state index in [9.17, 15) is 14.4 Å². The van der Waals surface area contributed by atoms with E-state index >= 15 is 0 Å². The van der Waals surface area contributed by atoms with E-state index in [0.717, 1.165) is 12.5 Å². The first kappa shape index (κ1) is 14.0. The third-order valence-corrected chi connectivity index (χ3v) is 3.68. The number of Topliss-reactive ketones (excluding diaryl/α,β-unsaturated/α-hetero) is 1. The van der Waals surface area contributed by atoms with E-state index < -0.39 is 17.8 Å². The molecule has 1 heterocycles. The average molecular weight is 282 g/mol. The van der Waals surface area contributed by atoms with Crippen LogP contribution in [0, 0.1) is 23.1 Å². The molecule has 5 heteroatoms. The molecule has 1 aromatic carbocycles. The molecule has 19 heavy (non-hydrogen) atoms. The molecule has 0 N–H and O–H groups in total. The molecular weight excluding hydrogens is 269 g/mol. The summed E-state index contributed by atoms with van der Waals surface area (Å²) in [5.41, 5.74) is 0.332. The molecule has 0 aliphatic carbocycles. The Morgan fingerprint density at radius 1 is 1.63 bits per heavy atom. The number of rotatable bonds is 3. The highest BCUT2D eigenvalue weighted by Crippen LogP contribution is 2.31. The molecule has 0 bridgehead atoms. The number of carbonyl (C=O) groups is 1. The van der Waals surface area contributed by atoms with E-state index in [4.69, 9.17) is 16.3 Å². The van der Waals surface area contributed by atoms with Gasteiger partial charge < -0.3 is 4.74 Å². The largest absolute Gasteiger partial charge is 0.370 e. The fourth-order valence-corrected chi connectivity index (χ4v) is 2.52. The predicted octanol–water partition coefficient (Wildman–Crippen LogP) is 3.08. The summed E-state index contributed by atoms with van der Waals surface area (Å²) in [6, 6.07) is 5.61. The summed E-state index contributed by atoms with van der Waals surface area (Å²) in [4.78, 5) is 12.3. The van der Waals surface area contributed by atoms with Crippen molar-refractivity contribution in [3.8, 4) is 6.07 Å². The quantitative estimate of drug-likeness (QED) is 0.855. The molecule has 100 valence electrons. The topological polar surface area (TPSA) is 50.1 Å². The Balaban J connectivity index is 2.29. The lowest BCUT2D eigenvalue weighted by atomic mass is 9.88. The zero-order valence-electron chi connectivity index (χ0n) is 10.4. The molecule has 2 rings (SSSR count). The predicted molar refractivity (Wildman–Crippen MR) is 68.3 cm³/mol. The van der Waals surface area contributed by atoms with Gasteiger partial charge in [-0.2, -0.15) is 5.26 Å². The second-order valence-electron chi connectivity index (χ2n) is 4.69. The molecule has 0 saturated carbocycles. The summed E-state index contributed by atoms with van der Waals surface area (Å²) < 4.78 is 18.4. The molecule has 0 spiro atoms. The van der Waals surface area contributed by atoms with Gasteiger partial charge in [0, 0.05) is 11.6 Å². The third-order valence-electron chi connectivity index (χ3n) is 3.35. The first-order valence-corrected chi connectivity index (χ1v) is 6.42. The molecule has 1 fully saturated rings. The van der Waals surface area contributed by atoms with Gasteiger partial charge in [-0.15, -0.1) is 0 Å².